The highest BCUT2D eigenvalue weighted by Crippen LogP contribution is 2.28. The highest BCUT2D eigenvalue weighted by Gasteiger charge is 2.13. The molecule has 3 amide bonds. The first kappa shape index (κ1) is 18.7. The number of ether oxygens (including phenoxy) is 1. The standard InChI is InChI=1S/C17H18N4O5/c1-26-15-8-7-13(21(24)25)11-14(15)20-17(23)19-10-9-18-16(22)12-5-3-2-4-6-12/h2-8,11H,9-10H2,1H3,(H,18,22)(H2,19,20,23). The molecule has 0 unspecified atom stereocenters. The molecular formula is C17H18N4O5. The molecule has 0 aromatic heterocycles. The van der Waals surface area contributed by atoms with Crippen LogP contribution in [0.2, 0.25) is 0 Å². The molecule has 2 aromatic carbocycles. The molecule has 0 fully saturated rings. The molecule has 0 saturated heterocycles. The number of benzene rings is 2. The summed E-state index contributed by atoms with van der Waals surface area (Å²) in [5.74, 6) is 0.0521. The lowest BCUT2D eigenvalue weighted by Gasteiger charge is -2.11. The Kier molecular flexibility index (Phi) is 6.49. The Balaban J connectivity index is 1.83. The monoisotopic (exact) mass is 358 g/mol. The minimum absolute atomic E-state index is 0.170. The van der Waals surface area contributed by atoms with E-state index in [1.165, 1.54) is 25.3 Å². The third kappa shape index (κ3) is 5.20. The van der Waals surface area contributed by atoms with Crippen molar-refractivity contribution in [2.75, 3.05) is 25.5 Å². The van der Waals surface area contributed by atoms with Gasteiger partial charge in [-0.25, -0.2) is 4.79 Å². The van der Waals surface area contributed by atoms with Gasteiger partial charge in [0.2, 0.25) is 0 Å². The first-order valence-electron chi connectivity index (χ1n) is 7.72. The largest absolute Gasteiger partial charge is 0.495 e. The van der Waals surface area contributed by atoms with E-state index in [1.807, 2.05) is 6.07 Å². The van der Waals surface area contributed by atoms with Gasteiger partial charge in [0.15, 0.2) is 0 Å². The summed E-state index contributed by atoms with van der Waals surface area (Å²) < 4.78 is 5.06. The molecule has 0 bridgehead atoms. The third-order valence-corrected chi connectivity index (χ3v) is 3.37. The Bertz CT molecular complexity index is 795. The van der Waals surface area contributed by atoms with Crippen molar-refractivity contribution in [1.82, 2.24) is 10.6 Å². The second-order valence-electron chi connectivity index (χ2n) is 5.14. The Morgan fingerprint density at radius 2 is 1.77 bits per heavy atom. The Labute approximate surface area is 149 Å². The minimum atomic E-state index is -0.572. The first-order chi connectivity index (χ1) is 12.5. The number of methoxy groups -OCH3 is 1. The van der Waals surface area contributed by atoms with Crippen molar-refractivity contribution in [3.05, 3.63) is 64.2 Å². The molecule has 0 aliphatic heterocycles. The predicted octanol–water partition coefficient (Wildman–Crippen LogP) is 2.15. The normalized spacial score (nSPS) is 9.88. The van der Waals surface area contributed by atoms with Crippen LogP contribution in [-0.2, 0) is 0 Å². The summed E-state index contributed by atoms with van der Waals surface area (Å²) in [5.41, 5.74) is 0.530. The average Bonchev–Trinajstić information content (AvgIpc) is 2.65. The molecule has 3 N–H and O–H groups in total. The van der Waals surface area contributed by atoms with E-state index in [4.69, 9.17) is 4.74 Å². The van der Waals surface area contributed by atoms with Crippen LogP contribution in [0.1, 0.15) is 10.4 Å². The number of carbonyl (C=O) groups excluding carboxylic acids is 2. The van der Waals surface area contributed by atoms with E-state index in [2.05, 4.69) is 16.0 Å². The smallest absolute Gasteiger partial charge is 0.319 e. The van der Waals surface area contributed by atoms with Crippen molar-refractivity contribution < 1.29 is 19.2 Å². The van der Waals surface area contributed by atoms with E-state index in [-0.39, 0.29) is 30.4 Å². The summed E-state index contributed by atoms with van der Waals surface area (Å²) >= 11 is 0. The second-order valence-corrected chi connectivity index (χ2v) is 5.14. The first-order valence-corrected chi connectivity index (χ1v) is 7.72. The summed E-state index contributed by atoms with van der Waals surface area (Å²) in [6, 6.07) is 12.0. The van der Waals surface area contributed by atoms with Gasteiger partial charge >= 0.3 is 6.03 Å². The van der Waals surface area contributed by atoms with E-state index in [1.54, 1.807) is 24.3 Å². The number of anilines is 1. The van der Waals surface area contributed by atoms with Gasteiger partial charge in [-0.3, -0.25) is 14.9 Å². The van der Waals surface area contributed by atoms with Crippen LogP contribution in [0.4, 0.5) is 16.2 Å². The van der Waals surface area contributed by atoms with Crippen molar-refractivity contribution in [1.29, 1.82) is 0 Å². The number of urea groups is 1. The van der Waals surface area contributed by atoms with Crippen LogP contribution >= 0.6 is 0 Å². The van der Waals surface area contributed by atoms with Crippen molar-refractivity contribution in [3.63, 3.8) is 0 Å². The number of nitro benzene ring substituents is 1. The Morgan fingerprint density at radius 3 is 2.42 bits per heavy atom. The van der Waals surface area contributed by atoms with Crippen LogP contribution in [0.15, 0.2) is 48.5 Å². The van der Waals surface area contributed by atoms with Gasteiger partial charge in [0.1, 0.15) is 5.75 Å². The van der Waals surface area contributed by atoms with Gasteiger partial charge in [-0.05, 0) is 18.2 Å². The number of nitrogens with one attached hydrogen (secondary N) is 3. The molecule has 9 heteroatoms. The SMILES string of the molecule is COc1ccc([N+](=O)[O-])cc1NC(=O)NCCNC(=O)c1ccccc1. The molecule has 0 spiro atoms. The van der Waals surface area contributed by atoms with E-state index < -0.39 is 11.0 Å². The van der Waals surface area contributed by atoms with Gasteiger partial charge < -0.3 is 20.7 Å². The van der Waals surface area contributed by atoms with Gasteiger partial charge in [-0.15, -0.1) is 0 Å². The van der Waals surface area contributed by atoms with Crippen LogP contribution in [0.3, 0.4) is 0 Å². The van der Waals surface area contributed by atoms with E-state index in [0.29, 0.717) is 11.3 Å². The molecule has 0 radical (unpaired) electrons. The second kappa shape index (κ2) is 9.02. The number of hydrogen-bond acceptors (Lipinski definition) is 5. The van der Waals surface area contributed by atoms with Crippen molar-refractivity contribution in [3.8, 4) is 5.75 Å². The van der Waals surface area contributed by atoms with Crippen LogP contribution in [0.25, 0.3) is 0 Å². The van der Waals surface area contributed by atoms with Crippen LogP contribution < -0.4 is 20.7 Å². The Hall–Kier alpha value is -3.62. The van der Waals surface area contributed by atoms with Crippen LogP contribution in [0, 0.1) is 10.1 Å². The van der Waals surface area contributed by atoms with Gasteiger partial charge in [0.05, 0.1) is 17.7 Å². The predicted molar refractivity (Wildman–Crippen MR) is 95.4 cm³/mol. The quantitative estimate of drug-likeness (QED) is 0.398. The van der Waals surface area contributed by atoms with E-state index >= 15 is 0 Å². The zero-order valence-electron chi connectivity index (χ0n) is 14.0. The van der Waals surface area contributed by atoms with Gasteiger partial charge in [0, 0.05) is 30.8 Å². The van der Waals surface area contributed by atoms with Crippen LogP contribution in [-0.4, -0.2) is 37.1 Å². The molecular weight excluding hydrogens is 340 g/mol. The zero-order valence-corrected chi connectivity index (χ0v) is 14.0. The lowest BCUT2D eigenvalue weighted by atomic mass is 10.2. The molecule has 2 aromatic rings. The highest BCUT2D eigenvalue weighted by atomic mass is 16.6. The maximum Gasteiger partial charge on any atom is 0.319 e. The van der Waals surface area contributed by atoms with Gasteiger partial charge in [-0.1, -0.05) is 18.2 Å². The summed E-state index contributed by atoms with van der Waals surface area (Å²) in [5, 5.41) is 18.5. The van der Waals surface area contributed by atoms with Crippen molar-refractivity contribution >= 4 is 23.3 Å². The maximum absolute atomic E-state index is 11.9. The molecule has 0 aliphatic carbocycles. The molecule has 2 rings (SSSR count). The molecule has 26 heavy (non-hydrogen) atoms. The molecule has 9 nitrogen and oxygen atoms in total. The highest BCUT2D eigenvalue weighted by molar-refractivity contribution is 5.94. The third-order valence-electron chi connectivity index (χ3n) is 3.37. The number of nitro groups is 1. The maximum atomic E-state index is 11.9. The fourth-order valence-electron chi connectivity index (χ4n) is 2.12. The van der Waals surface area contributed by atoms with E-state index in [0.717, 1.165) is 0 Å². The molecule has 136 valence electrons. The summed E-state index contributed by atoms with van der Waals surface area (Å²) in [6.45, 7) is 0.412. The topological polar surface area (TPSA) is 123 Å². The minimum Gasteiger partial charge on any atom is -0.495 e. The van der Waals surface area contributed by atoms with Crippen molar-refractivity contribution in [2.45, 2.75) is 0 Å². The fourth-order valence-corrected chi connectivity index (χ4v) is 2.12. The van der Waals surface area contributed by atoms with Crippen LogP contribution in [0.5, 0.6) is 5.75 Å². The number of amides is 3. The van der Waals surface area contributed by atoms with Crippen molar-refractivity contribution in [2.24, 2.45) is 0 Å². The Morgan fingerprint density at radius 1 is 1.08 bits per heavy atom. The number of non-ortho nitro benzene ring substituents is 1. The number of hydrogen-bond donors (Lipinski definition) is 3. The summed E-state index contributed by atoms with van der Waals surface area (Å²) in [4.78, 5) is 34.0. The molecule has 0 heterocycles. The lowest BCUT2D eigenvalue weighted by Crippen LogP contribution is -2.36. The van der Waals surface area contributed by atoms with E-state index in [9.17, 15) is 19.7 Å². The molecule has 0 saturated carbocycles. The number of nitrogens with zero attached hydrogens (tertiary/aromatic N) is 1. The number of rotatable bonds is 7. The molecule has 0 atom stereocenters. The average molecular weight is 358 g/mol. The number of carbonyl (C=O) groups is 2. The fraction of sp³-hybridized carbons (Fsp3) is 0.176. The van der Waals surface area contributed by atoms with Gasteiger partial charge in [-0.2, -0.15) is 0 Å². The van der Waals surface area contributed by atoms with Gasteiger partial charge in [0.25, 0.3) is 11.6 Å². The zero-order chi connectivity index (χ0) is 18.9. The molecule has 0 aliphatic rings. The summed E-state index contributed by atoms with van der Waals surface area (Å²) in [7, 11) is 1.39. The lowest BCUT2D eigenvalue weighted by molar-refractivity contribution is -0.384. The summed E-state index contributed by atoms with van der Waals surface area (Å²) in [6.07, 6.45) is 0.